The molecule has 7 nitrogen and oxygen atoms in total. The number of aliphatic hydroxyl groups is 1. The summed E-state index contributed by atoms with van der Waals surface area (Å²) in [6, 6.07) is 0. The number of aliphatic hydroxyl groups excluding tert-OH is 1. The molecular formula is C31H42ClFO7. The Hall–Kier alpha value is -2.06. The van der Waals surface area contributed by atoms with Crippen molar-refractivity contribution in [2.24, 2.45) is 28.6 Å². The number of allylic oxidation sites excluding steroid dienone is 4. The molecule has 0 radical (unpaired) electrons. The number of fused-ring (bicyclic) bond motifs is 5. The van der Waals surface area contributed by atoms with Gasteiger partial charge in [0.2, 0.25) is 11.6 Å². The summed E-state index contributed by atoms with van der Waals surface area (Å²) in [5, 5.41) is 11.8. The molecule has 8 atom stereocenters. The maximum absolute atomic E-state index is 15.1. The Kier molecular flexibility index (Phi) is 8.47. The minimum Gasteiger partial charge on any atom is -0.457 e. The van der Waals surface area contributed by atoms with Crippen LogP contribution >= 0.6 is 11.6 Å². The summed E-state index contributed by atoms with van der Waals surface area (Å²) < 4.78 is 26.5. The molecule has 1 N–H and O–H groups in total. The number of carbonyl (C=O) groups is 4. The smallest absolute Gasteiger partial charge is 0.306 e. The SMILES string of the molecule is CCCCCC(=O)OCC(=O)[C@]1(OC(=O)CC)[C@H](C)C[C@H]2[C@@H]3CCC4=C(F)C(=O)C=C[C@]4(C)[C@@]3(Cl)[C@@H](O)C[C@@]21C. The Morgan fingerprint density at radius 3 is 2.50 bits per heavy atom. The first-order chi connectivity index (χ1) is 18.7. The molecule has 3 fully saturated rings. The first-order valence-corrected chi connectivity index (χ1v) is 15.0. The van der Waals surface area contributed by atoms with E-state index in [1.165, 1.54) is 6.08 Å². The van der Waals surface area contributed by atoms with Gasteiger partial charge in [0.05, 0.1) is 11.0 Å². The lowest BCUT2D eigenvalue weighted by atomic mass is 9.45. The van der Waals surface area contributed by atoms with Crippen LogP contribution in [0.4, 0.5) is 4.39 Å². The zero-order valence-corrected chi connectivity index (χ0v) is 24.9. The minimum absolute atomic E-state index is 0.0153. The van der Waals surface area contributed by atoms with E-state index in [-0.39, 0.29) is 37.5 Å². The molecule has 0 aromatic rings. The molecule has 4 aliphatic rings. The molecule has 0 bridgehead atoms. The normalized spacial score (nSPS) is 40.2. The predicted octanol–water partition coefficient (Wildman–Crippen LogP) is 5.55. The third-order valence-corrected chi connectivity index (χ3v) is 11.5. The van der Waals surface area contributed by atoms with Gasteiger partial charge in [0.1, 0.15) is 0 Å². The van der Waals surface area contributed by atoms with E-state index in [1.807, 2.05) is 20.8 Å². The van der Waals surface area contributed by atoms with E-state index in [0.29, 0.717) is 24.8 Å². The summed E-state index contributed by atoms with van der Waals surface area (Å²) in [6.07, 6.45) is 5.53. The van der Waals surface area contributed by atoms with Crippen LogP contribution in [0.15, 0.2) is 23.6 Å². The standard InChI is InChI=1S/C31H42ClFO7/c1-6-8-9-10-26(38)39-17-24(36)31(40-25(37)7-2)18(3)15-21-19-11-12-20-27(33)22(34)13-14-28(20,4)30(19,32)23(35)16-29(21,31)5/h13-14,18-19,21,23,35H,6-12,15-17H2,1-5H3/t18-,19+,21+,23+,28+,29+,30+,31-/m1/s1. The molecular weight excluding hydrogens is 539 g/mol. The first kappa shape index (κ1) is 30.9. The molecule has 0 amide bonds. The fourth-order valence-corrected chi connectivity index (χ4v) is 9.09. The zero-order chi connectivity index (χ0) is 29.7. The van der Waals surface area contributed by atoms with Gasteiger partial charge in [-0.15, -0.1) is 11.6 Å². The Morgan fingerprint density at radius 1 is 1.15 bits per heavy atom. The van der Waals surface area contributed by atoms with Crippen LogP contribution in [0.5, 0.6) is 0 Å². The second-order valence-electron chi connectivity index (χ2n) is 12.6. The van der Waals surface area contributed by atoms with Crippen LogP contribution in [0.25, 0.3) is 0 Å². The van der Waals surface area contributed by atoms with Crippen LogP contribution in [-0.2, 0) is 28.7 Å². The highest BCUT2D eigenvalue weighted by Gasteiger charge is 2.76. The third kappa shape index (κ3) is 4.31. The summed E-state index contributed by atoms with van der Waals surface area (Å²) in [5.41, 5.74) is -3.46. The third-order valence-electron chi connectivity index (χ3n) is 10.6. The first-order valence-electron chi connectivity index (χ1n) is 14.6. The van der Waals surface area contributed by atoms with E-state index in [1.54, 1.807) is 19.9 Å². The number of rotatable bonds is 9. The van der Waals surface area contributed by atoms with Crippen molar-refractivity contribution in [1.82, 2.24) is 0 Å². The number of esters is 2. The summed E-state index contributed by atoms with van der Waals surface area (Å²) >= 11 is 7.42. The molecule has 0 aromatic carbocycles. The van der Waals surface area contributed by atoms with Crippen LogP contribution in [0.1, 0.15) is 92.4 Å². The van der Waals surface area contributed by atoms with Crippen molar-refractivity contribution < 1.29 is 38.1 Å². The number of unbranched alkanes of at least 4 members (excludes halogenated alkanes) is 2. The molecule has 4 rings (SSSR count). The van der Waals surface area contributed by atoms with Gasteiger partial charge in [-0.1, -0.05) is 53.5 Å². The molecule has 0 saturated heterocycles. The second-order valence-corrected chi connectivity index (χ2v) is 13.2. The largest absolute Gasteiger partial charge is 0.457 e. The lowest BCUT2D eigenvalue weighted by molar-refractivity contribution is -0.203. The number of hydrogen-bond donors (Lipinski definition) is 1. The van der Waals surface area contributed by atoms with E-state index in [9.17, 15) is 24.3 Å². The van der Waals surface area contributed by atoms with Crippen molar-refractivity contribution in [3.05, 3.63) is 23.6 Å². The van der Waals surface area contributed by atoms with Crippen molar-refractivity contribution in [1.29, 1.82) is 0 Å². The highest BCUT2D eigenvalue weighted by molar-refractivity contribution is 6.26. The Labute approximate surface area is 240 Å². The van der Waals surface area contributed by atoms with Gasteiger partial charge < -0.3 is 14.6 Å². The van der Waals surface area contributed by atoms with Crippen molar-refractivity contribution in [3.8, 4) is 0 Å². The topological polar surface area (TPSA) is 107 Å². The maximum Gasteiger partial charge on any atom is 0.306 e. The van der Waals surface area contributed by atoms with Gasteiger partial charge in [-0.3, -0.25) is 19.2 Å². The molecule has 0 aromatic heterocycles. The van der Waals surface area contributed by atoms with Gasteiger partial charge in [0, 0.05) is 29.6 Å². The molecule has 0 spiro atoms. The molecule has 0 unspecified atom stereocenters. The van der Waals surface area contributed by atoms with Gasteiger partial charge >= 0.3 is 11.9 Å². The predicted molar refractivity (Wildman–Crippen MR) is 147 cm³/mol. The number of ether oxygens (including phenoxy) is 2. The summed E-state index contributed by atoms with van der Waals surface area (Å²) in [7, 11) is 0. The van der Waals surface area contributed by atoms with E-state index in [0.717, 1.165) is 12.8 Å². The number of ketones is 2. The highest BCUT2D eigenvalue weighted by Crippen LogP contribution is 2.72. The van der Waals surface area contributed by atoms with E-state index < -0.39 is 69.3 Å². The fourth-order valence-electron chi connectivity index (χ4n) is 8.57. The Balaban J connectivity index is 1.73. The minimum atomic E-state index is -1.63. The van der Waals surface area contributed by atoms with Gasteiger partial charge in [0.15, 0.2) is 18.0 Å². The molecule has 222 valence electrons. The van der Waals surface area contributed by atoms with Crippen LogP contribution in [0.3, 0.4) is 0 Å². The van der Waals surface area contributed by atoms with Crippen molar-refractivity contribution >= 4 is 35.1 Å². The van der Waals surface area contributed by atoms with Gasteiger partial charge in [-0.2, -0.15) is 0 Å². The number of carbonyl (C=O) groups excluding carboxylic acids is 4. The average molecular weight is 581 g/mol. The van der Waals surface area contributed by atoms with Crippen molar-refractivity contribution in [3.63, 3.8) is 0 Å². The molecule has 4 aliphatic carbocycles. The molecule has 3 saturated carbocycles. The van der Waals surface area contributed by atoms with Gasteiger partial charge in [-0.05, 0) is 55.6 Å². The van der Waals surface area contributed by atoms with Crippen LogP contribution < -0.4 is 0 Å². The summed E-state index contributed by atoms with van der Waals surface area (Å²) in [6.45, 7) is 8.62. The van der Waals surface area contributed by atoms with E-state index in [2.05, 4.69) is 0 Å². The maximum atomic E-state index is 15.1. The van der Waals surface area contributed by atoms with Crippen LogP contribution in [0, 0.1) is 28.6 Å². The van der Waals surface area contributed by atoms with Crippen LogP contribution in [0.2, 0.25) is 0 Å². The average Bonchev–Trinajstić information content (AvgIpc) is 3.12. The summed E-state index contributed by atoms with van der Waals surface area (Å²) in [5.74, 6) is -4.11. The van der Waals surface area contributed by atoms with Crippen molar-refractivity contribution in [2.45, 2.75) is 109 Å². The van der Waals surface area contributed by atoms with Gasteiger partial charge in [-0.25, -0.2) is 4.39 Å². The fraction of sp³-hybridized carbons (Fsp3) is 0.742. The lowest BCUT2D eigenvalue weighted by Gasteiger charge is -2.64. The number of halogens is 2. The van der Waals surface area contributed by atoms with E-state index in [4.69, 9.17) is 21.1 Å². The zero-order valence-electron chi connectivity index (χ0n) is 24.2. The molecule has 9 heteroatoms. The number of alkyl halides is 1. The number of Topliss-reactive ketones (excluding diaryl/α,β-unsaturated/α-hetero) is 1. The second kappa shape index (κ2) is 11.0. The monoisotopic (exact) mass is 580 g/mol. The van der Waals surface area contributed by atoms with Crippen molar-refractivity contribution in [2.75, 3.05) is 6.61 Å². The van der Waals surface area contributed by atoms with Crippen LogP contribution in [-0.4, -0.2) is 51.8 Å². The molecule has 0 heterocycles. The molecule has 0 aliphatic heterocycles. The Bertz CT molecular complexity index is 1150. The quantitative estimate of drug-likeness (QED) is 0.216. The van der Waals surface area contributed by atoms with E-state index >= 15 is 4.39 Å². The lowest BCUT2D eigenvalue weighted by Crippen LogP contribution is -2.69. The Morgan fingerprint density at radius 2 is 1.85 bits per heavy atom. The highest BCUT2D eigenvalue weighted by atomic mass is 35.5. The number of hydrogen-bond acceptors (Lipinski definition) is 7. The molecule has 40 heavy (non-hydrogen) atoms. The summed E-state index contributed by atoms with van der Waals surface area (Å²) in [4.78, 5) is 50.1. The van der Waals surface area contributed by atoms with Gasteiger partial charge in [0.25, 0.3) is 0 Å².